The summed E-state index contributed by atoms with van der Waals surface area (Å²) in [6, 6.07) is -0.899. The fourth-order valence-electron chi connectivity index (χ4n) is 10.1. The number of aliphatic hydroxyl groups excluding tert-OH is 1. The number of unbranched alkanes of at least 4 members (excludes halogenated alkanes) is 46. The molecule has 0 radical (unpaired) electrons. The molecule has 0 bridgehead atoms. The molecule has 2 N–H and O–H groups in total. The molecule has 3 unspecified atom stereocenters. The summed E-state index contributed by atoms with van der Waals surface area (Å²) in [6.07, 6.45) is 73.3. The molecule has 0 aromatic heterocycles. The average molecular weight is 1070 g/mol. The monoisotopic (exact) mass is 1060 g/mol. The van der Waals surface area contributed by atoms with Crippen LogP contribution in [-0.4, -0.2) is 68.5 Å². The molecule has 0 aromatic rings. The van der Waals surface area contributed by atoms with Gasteiger partial charge in [-0.25, -0.2) is 0 Å². The van der Waals surface area contributed by atoms with Crippen LogP contribution in [-0.2, 0) is 18.4 Å². The van der Waals surface area contributed by atoms with E-state index in [0.29, 0.717) is 17.4 Å². The summed E-state index contributed by atoms with van der Waals surface area (Å²) in [6.45, 7) is 4.65. The van der Waals surface area contributed by atoms with E-state index in [0.717, 1.165) is 38.5 Å². The van der Waals surface area contributed by atoms with Gasteiger partial charge in [-0.1, -0.05) is 321 Å². The van der Waals surface area contributed by atoms with Gasteiger partial charge in [-0.3, -0.25) is 9.36 Å². The van der Waals surface area contributed by atoms with Gasteiger partial charge in [0.05, 0.1) is 39.9 Å². The summed E-state index contributed by atoms with van der Waals surface area (Å²) >= 11 is 0. The van der Waals surface area contributed by atoms with E-state index in [-0.39, 0.29) is 19.1 Å². The van der Waals surface area contributed by atoms with Gasteiger partial charge in [-0.05, 0) is 32.1 Å². The predicted octanol–water partition coefficient (Wildman–Crippen LogP) is 19.7. The second-order valence-corrected chi connectivity index (χ2v) is 25.2. The Morgan fingerprint density at radius 2 is 0.757 bits per heavy atom. The Kier molecular flexibility index (Phi) is 55.9. The maximum Gasteiger partial charge on any atom is 0.268 e. The third-order valence-corrected chi connectivity index (χ3v) is 16.1. The molecule has 0 aliphatic carbocycles. The molecular formula is C65H129N2O6P. The molecule has 0 saturated heterocycles. The van der Waals surface area contributed by atoms with Gasteiger partial charge in [0.15, 0.2) is 0 Å². The molecule has 0 fully saturated rings. The van der Waals surface area contributed by atoms with Crippen LogP contribution < -0.4 is 10.2 Å². The van der Waals surface area contributed by atoms with Crippen LogP contribution in [0.15, 0.2) is 24.3 Å². The molecule has 440 valence electrons. The molecule has 0 aromatic carbocycles. The highest BCUT2D eigenvalue weighted by Gasteiger charge is 2.23. The normalized spacial score (nSPS) is 13.9. The molecular weight excluding hydrogens is 936 g/mol. The highest BCUT2D eigenvalue weighted by Crippen LogP contribution is 2.38. The van der Waals surface area contributed by atoms with Crippen LogP contribution in [0.2, 0.25) is 0 Å². The zero-order valence-corrected chi connectivity index (χ0v) is 51.2. The molecule has 0 saturated carbocycles. The predicted molar refractivity (Wildman–Crippen MR) is 321 cm³/mol. The topological polar surface area (TPSA) is 108 Å². The van der Waals surface area contributed by atoms with Crippen LogP contribution in [0.4, 0.5) is 0 Å². The van der Waals surface area contributed by atoms with Gasteiger partial charge in [-0.15, -0.1) is 0 Å². The first-order valence-corrected chi connectivity index (χ1v) is 34.2. The van der Waals surface area contributed by atoms with Gasteiger partial charge < -0.3 is 28.8 Å². The zero-order valence-electron chi connectivity index (χ0n) is 50.3. The second-order valence-electron chi connectivity index (χ2n) is 23.8. The first kappa shape index (κ1) is 73.0. The lowest BCUT2D eigenvalue weighted by molar-refractivity contribution is -0.870. The van der Waals surface area contributed by atoms with E-state index in [1.54, 1.807) is 6.08 Å². The minimum absolute atomic E-state index is 0.00403. The second kappa shape index (κ2) is 56.7. The van der Waals surface area contributed by atoms with Crippen molar-refractivity contribution in [1.29, 1.82) is 0 Å². The number of quaternary nitrogens is 1. The van der Waals surface area contributed by atoms with Crippen molar-refractivity contribution in [2.24, 2.45) is 0 Å². The number of rotatable bonds is 61. The number of phosphoric acid groups is 1. The lowest BCUT2D eigenvalue weighted by Crippen LogP contribution is -2.45. The van der Waals surface area contributed by atoms with Crippen LogP contribution in [0.1, 0.15) is 335 Å². The van der Waals surface area contributed by atoms with E-state index in [1.165, 1.54) is 276 Å². The van der Waals surface area contributed by atoms with Gasteiger partial charge in [0, 0.05) is 6.42 Å². The fourth-order valence-corrected chi connectivity index (χ4v) is 10.8. The first-order chi connectivity index (χ1) is 36.0. The van der Waals surface area contributed by atoms with Gasteiger partial charge in [0.2, 0.25) is 5.91 Å². The standard InChI is InChI=1S/C65H129N2O6P/c1-6-8-10-12-14-16-18-20-21-22-23-24-25-26-27-28-29-30-31-32-33-34-35-36-37-38-39-40-41-42-43-44-45-46-47-49-51-53-55-57-59-65(69)66-63(62-73-74(70,71)72-61-60-67(3,4)5)64(68)58-56-54-52-50-48-19-17-15-13-11-9-7-2/h48,50,56,58,63-64,68H,6-47,49,51-55,57,59-62H2,1-5H3,(H-,66,69,70,71)/b50-48+,58-56+. The highest BCUT2D eigenvalue weighted by atomic mass is 31.2. The molecule has 0 aliphatic rings. The van der Waals surface area contributed by atoms with Crippen molar-refractivity contribution in [2.75, 3.05) is 40.9 Å². The Morgan fingerprint density at radius 3 is 1.09 bits per heavy atom. The third kappa shape index (κ3) is 58.7. The molecule has 0 rings (SSSR count). The Bertz CT molecular complexity index is 1260. The average Bonchev–Trinajstić information content (AvgIpc) is 3.36. The lowest BCUT2D eigenvalue weighted by atomic mass is 10.0. The molecule has 8 nitrogen and oxygen atoms in total. The molecule has 0 heterocycles. The van der Waals surface area contributed by atoms with Crippen LogP contribution >= 0.6 is 7.82 Å². The number of carbonyl (C=O) groups is 1. The van der Waals surface area contributed by atoms with Crippen LogP contribution in [0.5, 0.6) is 0 Å². The van der Waals surface area contributed by atoms with Crippen molar-refractivity contribution in [2.45, 2.75) is 347 Å². The molecule has 0 spiro atoms. The summed E-state index contributed by atoms with van der Waals surface area (Å²) in [4.78, 5) is 25.4. The number of likely N-dealkylation sites (N-methyl/N-ethyl adjacent to an activating group) is 1. The minimum atomic E-state index is -4.60. The molecule has 74 heavy (non-hydrogen) atoms. The molecule has 1 amide bonds. The van der Waals surface area contributed by atoms with E-state index in [1.807, 2.05) is 27.2 Å². The number of nitrogens with one attached hydrogen (secondary N) is 1. The van der Waals surface area contributed by atoms with Crippen LogP contribution in [0.3, 0.4) is 0 Å². The maximum absolute atomic E-state index is 12.9. The van der Waals surface area contributed by atoms with E-state index in [4.69, 9.17) is 9.05 Å². The van der Waals surface area contributed by atoms with Crippen molar-refractivity contribution in [3.05, 3.63) is 24.3 Å². The van der Waals surface area contributed by atoms with E-state index in [9.17, 15) is 19.4 Å². The zero-order chi connectivity index (χ0) is 54.2. The van der Waals surface area contributed by atoms with Gasteiger partial charge in [0.25, 0.3) is 7.82 Å². The first-order valence-electron chi connectivity index (χ1n) is 32.7. The summed E-state index contributed by atoms with van der Waals surface area (Å²) in [7, 11) is 1.26. The molecule has 0 aliphatic heterocycles. The highest BCUT2D eigenvalue weighted by molar-refractivity contribution is 7.45. The number of nitrogens with zero attached hydrogens (tertiary/aromatic N) is 1. The Morgan fingerprint density at radius 1 is 0.459 bits per heavy atom. The maximum atomic E-state index is 12.9. The van der Waals surface area contributed by atoms with Gasteiger partial charge in [-0.2, -0.15) is 0 Å². The number of allylic oxidation sites excluding steroid dienone is 3. The van der Waals surface area contributed by atoms with E-state index in [2.05, 4.69) is 31.3 Å². The SMILES string of the molecule is CCCCCCCC/C=C/CC/C=C/C(O)C(COP(=O)([O-])OCC[N+](C)(C)C)NC(=O)CCCCCCCCCCCCCCCCCCCCCCCCCCCCCCCCCCCCCCCCCC. The Balaban J connectivity index is 3.80. The van der Waals surface area contributed by atoms with Gasteiger partial charge >= 0.3 is 0 Å². The molecule has 3 atom stereocenters. The van der Waals surface area contributed by atoms with Crippen molar-refractivity contribution in [3.63, 3.8) is 0 Å². The van der Waals surface area contributed by atoms with E-state index >= 15 is 0 Å². The number of hydrogen-bond acceptors (Lipinski definition) is 6. The Hall–Kier alpha value is -1.02. The molecule has 9 heteroatoms. The quantitative estimate of drug-likeness (QED) is 0.0272. The van der Waals surface area contributed by atoms with Crippen molar-refractivity contribution in [1.82, 2.24) is 5.32 Å². The number of aliphatic hydroxyl groups is 1. The minimum Gasteiger partial charge on any atom is -0.756 e. The van der Waals surface area contributed by atoms with E-state index < -0.39 is 20.0 Å². The smallest absolute Gasteiger partial charge is 0.268 e. The van der Waals surface area contributed by atoms with Crippen LogP contribution in [0, 0.1) is 0 Å². The largest absolute Gasteiger partial charge is 0.756 e. The third-order valence-electron chi connectivity index (χ3n) is 15.2. The van der Waals surface area contributed by atoms with Crippen molar-refractivity contribution in [3.8, 4) is 0 Å². The number of hydrogen-bond donors (Lipinski definition) is 2. The van der Waals surface area contributed by atoms with Crippen molar-refractivity contribution < 1.29 is 32.9 Å². The number of carbonyl (C=O) groups excluding carboxylic acids is 1. The van der Waals surface area contributed by atoms with Crippen molar-refractivity contribution >= 4 is 13.7 Å². The summed E-state index contributed by atoms with van der Waals surface area (Å²) in [5.41, 5.74) is 0. The lowest BCUT2D eigenvalue weighted by Gasteiger charge is -2.29. The number of phosphoric ester groups is 1. The fraction of sp³-hybridized carbons (Fsp3) is 0.923. The van der Waals surface area contributed by atoms with Gasteiger partial charge in [0.1, 0.15) is 13.2 Å². The summed E-state index contributed by atoms with van der Waals surface area (Å²) < 4.78 is 23.3. The summed E-state index contributed by atoms with van der Waals surface area (Å²) in [5.74, 6) is -0.202. The summed E-state index contributed by atoms with van der Waals surface area (Å²) in [5, 5.41) is 13.8. The van der Waals surface area contributed by atoms with Crippen LogP contribution in [0.25, 0.3) is 0 Å². The Labute approximate surface area is 462 Å². The number of amides is 1.